The first kappa shape index (κ1) is 7.53. The van der Waals surface area contributed by atoms with Gasteiger partial charge in [-0.15, -0.1) is 0 Å². The minimum absolute atomic E-state index is 0.0961. The molecule has 3 nitrogen and oxygen atoms in total. The quantitative estimate of drug-likeness (QED) is 0.561. The molecule has 2 aliphatic rings. The van der Waals surface area contributed by atoms with Crippen LogP contribution in [-0.2, 0) is 9.47 Å². The minimum Gasteiger partial charge on any atom is -0.346 e. The van der Waals surface area contributed by atoms with Crippen LogP contribution in [0.25, 0.3) is 0 Å². The molecule has 1 atom stereocenters. The topological polar surface area (TPSA) is 44.5 Å². The molecule has 1 aliphatic heterocycles. The molecule has 0 bridgehead atoms. The molecule has 0 unspecified atom stereocenters. The summed E-state index contributed by atoms with van der Waals surface area (Å²) in [7, 11) is 0. The van der Waals surface area contributed by atoms with E-state index in [1.165, 1.54) is 12.8 Å². The van der Waals surface area contributed by atoms with Crippen molar-refractivity contribution in [3.05, 3.63) is 0 Å². The van der Waals surface area contributed by atoms with Crippen LogP contribution >= 0.6 is 0 Å². The molecule has 0 amide bonds. The molecule has 0 aromatic carbocycles. The summed E-state index contributed by atoms with van der Waals surface area (Å²) < 4.78 is 11.1. The second-order valence-corrected chi connectivity index (χ2v) is 3.36. The van der Waals surface area contributed by atoms with Crippen LogP contribution in [0.5, 0.6) is 0 Å². The Kier molecular flexibility index (Phi) is 1.87. The highest BCUT2D eigenvalue weighted by Gasteiger charge is 2.43. The van der Waals surface area contributed by atoms with Crippen LogP contribution in [0.2, 0.25) is 0 Å². The van der Waals surface area contributed by atoms with Crippen molar-refractivity contribution in [3.63, 3.8) is 0 Å². The van der Waals surface area contributed by atoms with Crippen LogP contribution in [0.1, 0.15) is 25.7 Å². The molecule has 2 N–H and O–H groups in total. The summed E-state index contributed by atoms with van der Waals surface area (Å²) in [5.41, 5.74) is 5.93. The summed E-state index contributed by atoms with van der Waals surface area (Å²) in [5.74, 6) is -0.391. The monoisotopic (exact) mass is 157 g/mol. The lowest BCUT2D eigenvalue weighted by Gasteiger charge is -2.36. The van der Waals surface area contributed by atoms with Gasteiger partial charge in [0.05, 0.1) is 19.3 Å². The smallest absolute Gasteiger partial charge is 0.183 e. The second-order valence-electron chi connectivity index (χ2n) is 3.36. The van der Waals surface area contributed by atoms with Gasteiger partial charge in [0.25, 0.3) is 0 Å². The van der Waals surface area contributed by atoms with Crippen molar-refractivity contribution in [1.29, 1.82) is 0 Å². The highest BCUT2D eigenvalue weighted by molar-refractivity contribution is 4.89. The van der Waals surface area contributed by atoms with Crippen LogP contribution in [0.4, 0.5) is 0 Å². The summed E-state index contributed by atoms with van der Waals surface area (Å²) in [6, 6.07) is 0.0961. The molecule has 64 valence electrons. The fourth-order valence-corrected chi connectivity index (χ4v) is 1.97. The maximum Gasteiger partial charge on any atom is 0.183 e. The fraction of sp³-hybridized carbons (Fsp3) is 1.00. The first-order chi connectivity index (χ1) is 5.33. The van der Waals surface area contributed by atoms with Gasteiger partial charge in [0.2, 0.25) is 0 Å². The molecule has 1 saturated carbocycles. The van der Waals surface area contributed by atoms with Gasteiger partial charge >= 0.3 is 0 Å². The fourth-order valence-electron chi connectivity index (χ4n) is 1.97. The van der Waals surface area contributed by atoms with E-state index in [-0.39, 0.29) is 6.04 Å². The normalized spacial score (nSPS) is 36.3. The molecule has 1 aliphatic carbocycles. The highest BCUT2D eigenvalue weighted by Crippen LogP contribution is 2.34. The Bertz CT molecular complexity index is 143. The van der Waals surface area contributed by atoms with E-state index < -0.39 is 5.79 Å². The molecule has 2 rings (SSSR count). The SMILES string of the molecule is N[C@H]1CCCCC12OCCO2. The Morgan fingerprint density at radius 2 is 1.91 bits per heavy atom. The van der Waals surface area contributed by atoms with Crippen LogP contribution in [-0.4, -0.2) is 25.0 Å². The number of ether oxygens (including phenoxy) is 2. The van der Waals surface area contributed by atoms with E-state index in [0.717, 1.165) is 12.8 Å². The lowest BCUT2D eigenvalue weighted by molar-refractivity contribution is -0.188. The first-order valence-corrected chi connectivity index (χ1v) is 4.37. The summed E-state index contributed by atoms with van der Waals surface area (Å²) in [5, 5.41) is 0. The lowest BCUT2D eigenvalue weighted by atomic mass is 9.90. The molecule has 0 radical (unpaired) electrons. The van der Waals surface area contributed by atoms with Crippen molar-refractivity contribution in [3.8, 4) is 0 Å². The third kappa shape index (κ3) is 1.17. The van der Waals surface area contributed by atoms with E-state index in [2.05, 4.69) is 0 Å². The largest absolute Gasteiger partial charge is 0.346 e. The zero-order valence-electron chi connectivity index (χ0n) is 6.71. The van der Waals surface area contributed by atoms with E-state index in [4.69, 9.17) is 15.2 Å². The van der Waals surface area contributed by atoms with Gasteiger partial charge in [-0.05, 0) is 12.8 Å². The van der Waals surface area contributed by atoms with Gasteiger partial charge in [-0.3, -0.25) is 0 Å². The molecule has 11 heavy (non-hydrogen) atoms. The Hall–Kier alpha value is -0.120. The standard InChI is InChI=1S/C8H15NO2/c9-7-3-1-2-4-8(7)10-5-6-11-8/h7H,1-6,9H2/t7-/m0/s1. The van der Waals surface area contributed by atoms with Crippen molar-refractivity contribution in [2.45, 2.75) is 37.5 Å². The van der Waals surface area contributed by atoms with Crippen molar-refractivity contribution in [2.75, 3.05) is 13.2 Å². The summed E-state index contributed by atoms with van der Waals surface area (Å²) in [4.78, 5) is 0. The third-order valence-electron chi connectivity index (χ3n) is 2.63. The van der Waals surface area contributed by atoms with Crippen LogP contribution in [0, 0.1) is 0 Å². The average Bonchev–Trinajstić information content (AvgIpc) is 2.46. The molecular weight excluding hydrogens is 142 g/mol. The van der Waals surface area contributed by atoms with Gasteiger partial charge in [-0.1, -0.05) is 6.42 Å². The molecule has 3 heteroatoms. The van der Waals surface area contributed by atoms with Crippen LogP contribution < -0.4 is 5.73 Å². The summed E-state index contributed by atoms with van der Waals surface area (Å²) in [6.45, 7) is 1.43. The van der Waals surface area contributed by atoms with Crippen LogP contribution in [0.15, 0.2) is 0 Å². The van der Waals surface area contributed by atoms with Gasteiger partial charge in [0.15, 0.2) is 5.79 Å². The lowest BCUT2D eigenvalue weighted by Crippen LogP contribution is -2.51. The molecule has 1 saturated heterocycles. The van der Waals surface area contributed by atoms with E-state index in [1.807, 2.05) is 0 Å². The molecule has 1 heterocycles. The number of hydrogen-bond acceptors (Lipinski definition) is 3. The van der Waals surface area contributed by atoms with Gasteiger partial charge in [-0.25, -0.2) is 0 Å². The molecule has 0 aromatic rings. The number of hydrogen-bond donors (Lipinski definition) is 1. The summed E-state index contributed by atoms with van der Waals surface area (Å²) in [6.07, 6.45) is 4.43. The number of nitrogens with two attached hydrogens (primary N) is 1. The van der Waals surface area contributed by atoms with Gasteiger partial charge in [-0.2, -0.15) is 0 Å². The molecular formula is C8H15NO2. The van der Waals surface area contributed by atoms with E-state index in [1.54, 1.807) is 0 Å². The third-order valence-corrected chi connectivity index (χ3v) is 2.63. The van der Waals surface area contributed by atoms with Crippen LogP contribution in [0.3, 0.4) is 0 Å². The first-order valence-electron chi connectivity index (χ1n) is 4.37. The molecule has 2 fully saturated rings. The number of rotatable bonds is 0. The van der Waals surface area contributed by atoms with Gasteiger partial charge in [0, 0.05) is 6.42 Å². The van der Waals surface area contributed by atoms with Crippen molar-refractivity contribution < 1.29 is 9.47 Å². The average molecular weight is 157 g/mol. The predicted molar refractivity (Wildman–Crippen MR) is 41.1 cm³/mol. The summed E-state index contributed by atoms with van der Waals surface area (Å²) >= 11 is 0. The van der Waals surface area contributed by atoms with Crippen molar-refractivity contribution >= 4 is 0 Å². The maximum atomic E-state index is 5.93. The van der Waals surface area contributed by atoms with E-state index in [9.17, 15) is 0 Å². The Labute approximate surface area is 66.8 Å². The maximum absolute atomic E-state index is 5.93. The minimum atomic E-state index is -0.391. The zero-order chi connectivity index (χ0) is 7.73. The Balaban J connectivity index is 2.07. The van der Waals surface area contributed by atoms with Crippen molar-refractivity contribution in [2.24, 2.45) is 5.73 Å². The Morgan fingerprint density at radius 3 is 2.55 bits per heavy atom. The Morgan fingerprint density at radius 1 is 1.18 bits per heavy atom. The molecule has 0 aromatic heterocycles. The molecule has 1 spiro atoms. The van der Waals surface area contributed by atoms with Gasteiger partial charge < -0.3 is 15.2 Å². The predicted octanol–water partition coefficient (Wildman–Crippen LogP) is 0.631. The van der Waals surface area contributed by atoms with Gasteiger partial charge in [0.1, 0.15) is 0 Å². The second kappa shape index (κ2) is 2.73. The van der Waals surface area contributed by atoms with Crippen molar-refractivity contribution in [1.82, 2.24) is 0 Å². The zero-order valence-corrected chi connectivity index (χ0v) is 6.71. The van der Waals surface area contributed by atoms with E-state index >= 15 is 0 Å². The van der Waals surface area contributed by atoms with E-state index in [0.29, 0.717) is 13.2 Å². The highest BCUT2D eigenvalue weighted by atomic mass is 16.7.